The maximum Gasteiger partial charge on any atom is 0.306 e. The molecule has 0 unspecified atom stereocenters. The maximum absolute atomic E-state index is 12.6. The van der Waals surface area contributed by atoms with Crippen molar-refractivity contribution in [2.45, 2.75) is 143 Å². The first-order valence-electron chi connectivity index (χ1n) is 14.7. The quantitative estimate of drug-likeness (QED) is 0.121. The lowest BCUT2D eigenvalue weighted by molar-refractivity contribution is -0.150. The Morgan fingerprint density at radius 1 is 0.944 bits per heavy atom. The summed E-state index contributed by atoms with van der Waals surface area (Å²) in [7, 11) is 0. The van der Waals surface area contributed by atoms with E-state index in [4.69, 9.17) is 4.74 Å². The maximum atomic E-state index is 12.6. The zero-order valence-corrected chi connectivity index (χ0v) is 24.1. The molecule has 0 amide bonds. The molecule has 1 atom stereocenters. The Morgan fingerprint density at radius 2 is 1.53 bits per heavy atom. The number of ketones is 1. The minimum Gasteiger partial charge on any atom is -0.457 e. The molecule has 0 saturated carbocycles. The molecule has 0 heterocycles. The minimum atomic E-state index is -0.445. The van der Waals surface area contributed by atoms with E-state index < -0.39 is 5.41 Å². The fraction of sp³-hybridized carbons (Fsp3) is 0.697. The molecule has 0 radical (unpaired) electrons. The smallest absolute Gasteiger partial charge is 0.306 e. The molecule has 0 aliphatic heterocycles. The van der Waals surface area contributed by atoms with Crippen LogP contribution in [-0.4, -0.2) is 17.9 Å². The molecule has 1 rings (SSSR count). The fourth-order valence-electron chi connectivity index (χ4n) is 4.42. The number of unbranched alkanes of at least 4 members (excludes halogenated alkanes) is 11. The van der Waals surface area contributed by atoms with Crippen molar-refractivity contribution in [3.8, 4) is 0 Å². The molecule has 1 aliphatic carbocycles. The number of carbonyl (C=O) groups is 2. The molecule has 0 N–H and O–H groups in total. The van der Waals surface area contributed by atoms with Gasteiger partial charge in [-0.25, -0.2) is 0 Å². The highest BCUT2D eigenvalue weighted by Crippen LogP contribution is 2.29. The molecule has 3 heteroatoms. The second-order valence-electron chi connectivity index (χ2n) is 11.2. The van der Waals surface area contributed by atoms with E-state index in [0.29, 0.717) is 6.42 Å². The largest absolute Gasteiger partial charge is 0.457 e. The number of ether oxygens (including phenoxy) is 1. The SMILES string of the molecule is CCCCCCCC/C=C\CCCCCCCC(=O)O[C@@H]1/C=C(\C)CC/C=C(\C)C(=O)/C=C/C1(C)C. The highest BCUT2D eigenvalue weighted by atomic mass is 16.5. The van der Waals surface area contributed by atoms with E-state index in [0.717, 1.165) is 31.3 Å². The molecular weight excluding hydrogens is 444 g/mol. The Labute approximate surface area is 222 Å². The van der Waals surface area contributed by atoms with E-state index in [1.54, 1.807) is 6.08 Å². The van der Waals surface area contributed by atoms with Gasteiger partial charge in [0.1, 0.15) is 6.10 Å². The fourth-order valence-corrected chi connectivity index (χ4v) is 4.42. The van der Waals surface area contributed by atoms with Gasteiger partial charge in [-0.05, 0) is 76.5 Å². The number of allylic oxidation sites excluding steroid dienone is 6. The Balaban J connectivity index is 2.27. The van der Waals surface area contributed by atoms with E-state index in [9.17, 15) is 9.59 Å². The highest BCUT2D eigenvalue weighted by molar-refractivity contribution is 6.03. The van der Waals surface area contributed by atoms with Gasteiger partial charge in [0.15, 0.2) is 5.78 Å². The van der Waals surface area contributed by atoms with E-state index in [1.165, 1.54) is 76.2 Å². The van der Waals surface area contributed by atoms with Gasteiger partial charge >= 0.3 is 5.97 Å². The Kier molecular flexibility index (Phi) is 17.2. The molecule has 0 aromatic rings. The second kappa shape index (κ2) is 19.2. The molecule has 3 nitrogen and oxygen atoms in total. The molecular formula is C33H54O3. The van der Waals surface area contributed by atoms with Gasteiger partial charge in [-0.15, -0.1) is 0 Å². The molecule has 204 valence electrons. The third-order valence-electron chi connectivity index (χ3n) is 7.11. The van der Waals surface area contributed by atoms with Crippen LogP contribution in [0.2, 0.25) is 0 Å². The number of rotatable bonds is 16. The zero-order chi connectivity index (χ0) is 26.7. The Morgan fingerprint density at radius 3 is 2.17 bits per heavy atom. The van der Waals surface area contributed by atoms with Crippen molar-refractivity contribution in [1.82, 2.24) is 0 Å². The van der Waals surface area contributed by atoms with Crippen molar-refractivity contribution in [2.75, 3.05) is 0 Å². The third kappa shape index (κ3) is 15.3. The lowest BCUT2D eigenvalue weighted by atomic mass is 9.84. The summed E-state index contributed by atoms with van der Waals surface area (Å²) in [5.74, 6) is -0.111. The van der Waals surface area contributed by atoms with Crippen LogP contribution in [-0.2, 0) is 14.3 Å². The minimum absolute atomic E-state index is 0.0287. The van der Waals surface area contributed by atoms with Crippen molar-refractivity contribution < 1.29 is 14.3 Å². The van der Waals surface area contributed by atoms with Gasteiger partial charge < -0.3 is 4.74 Å². The average molecular weight is 499 g/mol. The van der Waals surface area contributed by atoms with Gasteiger partial charge in [0.2, 0.25) is 0 Å². The zero-order valence-electron chi connectivity index (χ0n) is 24.1. The standard InChI is InChI=1S/C33H54O3/c1-6-7-8-9-10-11-12-13-14-15-16-17-18-19-20-24-32(35)36-31-27-28(2)22-21-23-29(3)30(34)25-26-33(31,4)5/h13-14,23,25-27,31H,6-12,15-22,24H2,1-5H3/b14-13-,26-25+,28-27+,29-23+/t31-/m1/s1. The summed E-state index contributed by atoms with van der Waals surface area (Å²) in [6, 6.07) is 0. The van der Waals surface area contributed by atoms with Crippen LogP contribution in [0.15, 0.2) is 47.6 Å². The Hall–Kier alpha value is -1.90. The summed E-state index contributed by atoms with van der Waals surface area (Å²) in [5, 5.41) is 0. The molecule has 36 heavy (non-hydrogen) atoms. The van der Waals surface area contributed by atoms with Gasteiger partial charge in [0.25, 0.3) is 0 Å². The van der Waals surface area contributed by atoms with Gasteiger partial charge in [0, 0.05) is 11.8 Å². The lowest BCUT2D eigenvalue weighted by Crippen LogP contribution is -2.31. The molecule has 0 aromatic heterocycles. The Bertz CT molecular complexity index is 751. The van der Waals surface area contributed by atoms with E-state index in [-0.39, 0.29) is 17.9 Å². The predicted molar refractivity (Wildman–Crippen MR) is 154 cm³/mol. The first-order chi connectivity index (χ1) is 17.3. The molecule has 0 saturated heterocycles. The van der Waals surface area contributed by atoms with Crippen LogP contribution in [0.1, 0.15) is 137 Å². The number of esters is 1. The van der Waals surface area contributed by atoms with Gasteiger partial charge in [-0.2, -0.15) is 0 Å². The summed E-state index contributed by atoms with van der Waals surface area (Å²) in [4.78, 5) is 24.9. The summed E-state index contributed by atoms with van der Waals surface area (Å²) >= 11 is 0. The van der Waals surface area contributed by atoms with E-state index in [1.807, 2.05) is 32.9 Å². The van der Waals surface area contributed by atoms with Crippen molar-refractivity contribution in [1.29, 1.82) is 0 Å². The normalized spacial score (nSPS) is 22.4. The molecule has 0 aromatic carbocycles. The molecule has 0 spiro atoms. The van der Waals surface area contributed by atoms with Crippen molar-refractivity contribution in [2.24, 2.45) is 5.41 Å². The van der Waals surface area contributed by atoms with E-state index >= 15 is 0 Å². The molecule has 1 aliphatic rings. The number of hydrogen-bond acceptors (Lipinski definition) is 3. The van der Waals surface area contributed by atoms with Crippen molar-refractivity contribution in [3.05, 3.63) is 47.6 Å². The van der Waals surface area contributed by atoms with Crippen molar-refractivity contribution >= 4 is 11.8 Å². The van der Waals surface area contributed by atoms with Crippen LogP contribution in [0.4, 0.5) is 0 Å². The molecule has 0 fully saturated rings. The highest BCUT2D eigenvalue weighted by Gasteiger charge is 2.29. The molecule has 0 bridgehead atoms. The summed E-state index contributed by atoms with van der Waals surface area (Å²) < 4.78 is 5.93. The van der Waals surface area contributed by atoms with Gasteiger partial charge in [-0.1, -0.05) is 102 Å². The number of carbonyl (C=O) groups excluding carboxylic acids is 2. The average Bonchev–Trinajstić information content (AvgIpc) is 2.85. The number of hydrogen-bond donors (Lipinski definition) is 0. The topological polar surface area (TPSA) is 43.4 Å². The van der Waals surface area contributed by atoms with Crippen molar-refractivity contribution in [3.63, 3.8) is 0 Å². The van der Waals surface area contributed by atoms with Crippen LogP contribution < -0.4 is 0 Å². The lowest BCUT2D eigenvalue weighted by Gasteiger charge is -2.29. The van der Waals surface area contributed by atoms with Gasteiger partial charge in [0.05, 0.1) is 0 Å². The third-order valence-corrected chi connectivity index (χ3v) is 7.11. The van der Waals surface area contributed by atoms with Crippen LogP contribution >= 0.6 is 0 Å². The monoisotopic (exact) mass is 498 g/mol. The van der Waals surface area contributed by atoms with Crippen LogP contribution in [0.5, 0.6) is 0 Å². The summed E-state index contributed by atoms with van der Waals surface area (Å²) in [6.45, 7) is 10.3. The first kappa shape index (κ1) is 32.1. The predicted octanol–water partition coefficient (Wildman–Crippen LogP) is 9.77. The second-order valence-corrected chi connectivity index (χ2v) is 11.2. The van der Waals surface area contributed by atoms with E-state index in [2.05, 4.69) is 32.1 Å². The summed E-state index contributed by atoms with van der Waals surface area (Å²) in [6.07, 6.45) is 30.2. The first-order valence-corrected chi connectivity index (χ1v) is 14.7. The summed E-state index contributed by atoms with van der Waals surface area (Å²) in [5.41, 5.74) is 1.52. The van der Waals surface area contributed by atoms with Crippen LogP contribution in [0.25, 0.3) is 0 Å². The van der Waals surface area contributed by atoms with Crippen LogP contribution in [0, 0.1) is 5.41 Å². The van der Waals surface area contributed by atoms with Gasteiger partial charge in [-0.3, -0.25) is 9.59 Å². The van der Waals surface area contributed by atoms with Crippen LogP contribution in [0.3, 0.4) is 0 Å².